The van der Waals surface area contributed by atoms with Gasteiger partial charge in [-0.1, -0.05) is 13.0 Å². The van der Waals surface area contributed by atoms with Gasteiger partial charge in [0.2, 0.25) is 0 Å². The predicted molar refractivity (Wildman–Crippen MR) is 125 cm³/mol. The van der Waals surface area contributed by atoms with Crippen molar-refractivity contribution in [3.8, 4) is 0 Å². The van der Waals surface area contributed by atoms with Crippen LogP contribution in [0.5, 0.6) is 0 Å². The first-order valence-electron chi connectivity index (χ1n) is 11.3. The Balaban J connectivity index is 1.69. The predicted octanol–water partition coefficient (Wildman–Crippen LogP) is 3.84. The molecule has 1 aliphatic carbocycles. The van der Waals surface area contributed by atoms with E-state index in [1.165, 1.54) is 23.0 Å². The molecule has 9 heteroatoms. The van der Waals surface area contributed by atoms with Crippen LogP contribution in [0, 0.1) is 0 Å². The van der Waals surface area contributed by atoms with Gasteiger partial charge in [0.25, 0.3) is 5.91 Å². The SMILES string of the molecule is COC(=O)c1cccc(N2Cc3c(cc(C4(C)CC4)nc3CN(C)C(=O)OC(C)(C)C)C2=O)n1. The van der Waals surface area contributed by atoms with Gasteiger partial charge in [0.05, 0.1) is 25.9 Å². The summed E-state index contributed by atoms with van der Waals surface area (Å²) in [5.41, 5.74) is 2.25. The fourth-order valence-corrected chi connectivity index (χ4v) is 3.86. The quantitative estimate of drug-likeness (QED) is 0.617. The molecule has 3 heterocycles. The second-order valence-corrected chi connectivity index (χ2v) is 10.1. The molecule has 0 spiro atoms. The number of aromatic nitrogens is 2. The van der Waals surface area contributed by atoms with Crippen molar-refractivity contribution >= 4 is 23.8 Å². The van der Waals surface area contributed by atoms with Gasteiger partial charge >= 0.3 is 12.1 Å². The van der Waals surface area contributed by atoms with Crippen molar-refractivity contribution in [1.82, 2.24) is 14.9 Å². The highest BCUT2D eigenvalue weighted by Gasteiger charge is 2.43. The average molecular weight is 467 g/mol. The Morgan fingerprint density at radius 2 is 1.91 bits per heavy atom. The third kappa shape index (κ3) is 4.60. The van der Waals surface area contributed by atoms with E-state index in [-0.39, 0.29) is 30.1 Å². The second-order valence-electron chi connectivity index (χ2n) is 10.1. The molecular formula is C25H30N4O5. The molecule has 4 rings (SSSR count). The molecule has 0 bridgehead atoms. The summed E-state index contributed by atoms with van der Waals surface area (Å²) in [5.74, 6) is -0.426. The van der Waals surface area contributed by atoms with Gasteiger partial charge in [-0.05, 0) is 51.8 Å². The molecule has 0 saturated heterocycles. The number of fused-ring (bicyclic) bond motifs is 1. The monoisotopic (exact) mass is 466 g/mol. The maximum atomic E-state index is 13.4. The number of rotatable bonds is 5. The summed E-state index contributed by atoms with van der Waals surface area (Å²) in [7, 11) is 2.94. The summed E-state index contributed by atoms with van der Waals surface area (Å²) in [6.07, 6.45) is 1.54. The lowest BCUT2D eigenvalue weighted by Gasteiger charge is -2.25. The molecule has 34 heavy (non-hydrogen) atoms. The zero-order valence-corrected chi connectivity index (χ0v) is 20.5. The topological polar surface area (TPSA) is 102 Å². The maximum Gasteiger partial charge on any atom is 0.410 e. The van der Waals surface area contributed by atoms with Gasteiger partial charge in [-0.2, -0.15) is 0 Å². The Morgan fingerprint density at radius 3 is 2.53 bits per heavy atom. The lowest BCUT2D eigenvalue weighted by atomic mass is 9.99. The number of ether oxygens (including phenoxy) is 2. The van der Waals surface area contributed by atoms with Crippen LogP contribution in [0.2, 0.25) is 0 Å². The van der Waals surface area contributed by atoms with Gasteiger partial charge in [0.15, 0.2) is 5.69 Å². The van der Waals surface area contributed by atoms with Crippen LogP contribution >= 0.6 is 0 Å². The van der Waals surface area contributed by atoms with Crippen LogP contribution in [-0.2, 0) is 28.0 Å². The molecular weight excluding hydrogens is 436 g/mol. The smallest absolute Gasteiger partial charge is 0.410 e. The van der Waals surface area contributed by atoms with E-state index in [4.69, 9.17) is 14.5 Å². The summed E-state index contributed by atoms with van der Waals surface area (Å²) < 4.78 is 10.2. The number of esters is 1. The van der Waals surface area contributed by atoms with Gasteiger partial charge in [-0.3, -0.25) is 14.7 Å². The molecule has 2 amide bonds. The molecule has 1 fully saturated rings. The molecule has 1 saturated carbocycles. The van der Waals surface area contributed by atoms with Gasteiger partial charge < -0.3 is 14.4 Å². The van der Waals surface area contributed by atoms with E-state index < -0.39 is 17.7 Å². The second kappa shape index (κ2) is 8.38. The lowest BCUT2D eigenvalue weighted by Crippen LogP contribution is -2.34. The van der Waals surface area contributed by atoms with E-state index >= 15 is 0 Å². The number of methoxy groups -OCH3 is 1. The number of anilines is 1. The first kappa shape index (κ1) is 23.7. The minimum atomic E-state index is -0.618. The van der Waals surface area contributed by atoms with Crippen molar-refractivity contribution in [3.05, 3.63) is 52.5 Å². The summed E-state index contributed by atoms with van der Waals surface area (Å²) >= 11 is 0. The number of carbonyl (C=O) groups excluding carboxylic acids is 3. The summed E-state index contributed by atoms with van der Waals surface area (Å²) in [5, 5.41) is 0. The number of amides is 2. The Bertz CT molecular complexity index is 1170. The Labute approximate surface area is 199 Å². The molecule has 2 aromatic rings. The first-order chi connectivity index (χ1) is 15.9. The van der Waals surface area contributed by atoms with Crippen LogP contribution in [0.4, 0.5) is 10.6 Å². The summed E-state index contributed by atoms with van der Waals surface area (Å²) in [4.78, 5) is 50.2. The molecule has 0 N–H and O–H groups in total. The Hall–Kier alpha value is -3.49. The minimum Gasteiger partial charge on any atom is -0.464 e. The van der Waals surface area contributed by atoms with Crippen molar-refractivity contribution in [3.63, 3.8) is 0 Å². The van der Waals surface area contributed by atoms with Crippen LogP contribution in [-0.4, -0.2) is 52.6 Å². The zero-order chi connectivity index (χ0) is 24.8. The highest BCUT2D eigenvalue weighted by Crippen LogP contribution is 2.48. The average Bonchev–Trinajstić information content (AvgIpc) is 3.45. The van der Waals surface area contributed by atoms with Crippen molar-refractivity contribution in [1.29, 1.82) is 0 Å². The van der Waals surface area contributed by atoms with E-state index in [2.05, 4.69) is 11.9 Å². The van der Waals surface area contributed by atoms with E-state index in [1.54, 1.807) is 19.2 Å². The van der Waals surface area contributed by atoms with Gasteiger partial charge in [-0.15, -0.1) is 0 Å². The van der Waals surface area contributed by atoms with Crippen LogP contribution in [0.3, 0.4) is 0 Å². The third-order valence-corrected chi connectivity index (χ3v) is 6.12. The van der Waals surface area contributed by atoms with E-state index in [9.17, 15) is 14.4 Å². The first-order valence-corrected chi connectivity index (χ1v) is 11.3. The van der Waals surface area contributed by atoms with Crippen molar-refractivity contribution in [2.75, 3.05) is 19.1 Å². The molecule has 1 aliphatic heterocycles. The minimum absolute atomic E-state index is 0.0645. The molecule has 0 radical (unpaired) electrons. The number of pyridine rings is 2. The Kier molecular flexibility index (Phi) is 5.83. The van der Waals surface area contributed by atoms with E-state index in [1.807, 2.05) is 26.8 Å². The number of hydrogen-bond donors (Lipinski definition) is 0. The summed E-state index contributed by atoms with van der Waals surface area (Å²) in [6.45, 7) is 8.02. The van der Waals surface area contributed by atoms with Crippen molar-refractivity contribution in [2.45, 2.75) is 64.6 Å². The third-order valence-electron chi connectivity index (χ3n) is 6.12. The number of hydrogen-bond acceptors (Lipinski definition) is 7. The van der Waals surface area contributed by atoms with Gasteiger partial charge in [-0.25, -0.2) is 14.6 Å². The largest absolute Gasteiger partial charge is 0.464 e. The highest BCUT2D eigenvalue weighted by molar-refractivity contribution is 6.10. The fraction of sp³-hybridized carbons (Fsp3) is 0.480. The zero-order valence-electron chi connectivity index (χ0n) is 20.5. The maximum absolute atomic E-state index is 13.4. The molecule has 0 unspecified atom stereocenters. The Morgan fingerprint density at radius 1 is 1.21 bits per heavy atom. The van der Waals surface area contributed by atoms with Crippen LogP contribution in [0.1, 0.15) is 78.3 Å². The molecule has 0 atom stereocenters. The van der Waals surface area contributed by atoms with E-state index in [0.717, 1.165) is 24.1 Å². The van der Waals surface area contributed by atoms with E-state index in [0.29, 0.717) is 17.1 Å². The fourth-order valence-electron chi connectivity index (χ4n) is 3.86. The normalized spacial score (nSPS) is 16.2. The molecule has 0 aromatic carbocycles. The standard InChI is InChI=1S/C25H30N4O5/c1-24(2,3)34-23(32)28(5)14-18-16-13-29(20-9-7-8-17(27-20)22(31)33-6)21(30)15(16)12-19(26-18)25(4)10-11-25/h7-9,12H,10-11,13-14H2,1-6H3. The molecule has 180 valence electrons. The van der Waals surface area contributed by atoms with Crippen LogP contribution in [0.25, 0.3) is 0 Å². The highest BCUT2D eigenvalue weighted by atomic mass is 16.6. The molecule has 2 aliphatic rings. The van der Waals surface area contributed by atoms with Gasteiger partial charge in [0, 0.05) is 29.3 Å². The molecule has 2 aromatic heterocycles. The van der Waals surface area contributed by atoms with Crippen molar-refractivity contribution < 1.29 is 23.9 Å². The number of nitrogens with zero attached hydrogens (tertiary/aromatic N) is 4. The van der Waals surface area contributed by atoms with Gasteiger partial charge in [0.1, 0.15) is 11.4 Å². The number of carbonyl (C=O) groups is 3. The van der Waals surface area contributed by atoms with Crippen LogP contribution < -0.4 is 4.90 Å². The molecule has 9 nitrogen and oxygen atoms in total. The lowest BCUT2D eigenvalue weighted by molar-refractivity contribution is 0.0282. The summed E-state index contributed by atoms with van der Waals surface area (Å²) in [6, 6.07) is 6.75. The van der Waals surface area contributed by atoms with Crippen molar-refractivity contribution in [2.24, 2.45) is 0 Å². The van der Waals surface area contributed by atoms with Crippen LogP contribution in [0.15, 0.2) is 24.3 Å².